The molecule has 136 valence electrons. The van der Waals surface area contributed by atoms with Gasteiger partial charge < -0.3 is 20.9 Å². The number of aliphatic hydroxyl groups is 1. The molecule has 0 radical (unpaired) electrons. The molecule has 0 aliphatic carbocycles. The molecule has 0 saturated carbocycles. The van der Waals surface area contributed by atoms with E-state index in [9.17, 15) is 24.7 Å². The Kier molecular flexibility index (Phi) is 4.33. The van der Waals surface area contributed by atoms with E-state index in [1.807, 2.05) is 0 Å². The molecule has 2 aromatic rings. The van der Waals surface area contributed by atoms with Crippen LogP contribution in [-0.2, 0) is 18.3 Å². The minimum atomic E-state index is -4.24. The number of aliphatic hydroxyl groups excluding tert-OH is 1. The molecule has 14 heteroatoms. The maximum atomic E-state index is 11.5. The molecule has 2 aliphatic rings. The summed E-state index contributed by atoms with van der Waals surface area (Å²) >= 11 is 0. The van der Waals surface area contributed by atoms with Crippen LogP contribution in [0.15, 0.2) is 18.2 Å². The highest BCUT2D eigenvalue weighted by atomic mass is 31.2. The lowest BCUT2D eigenvalue weighted by atomic mass is 10.1. The minimum Gasteiger partial charge on any atom is -0.385 e. The fourth-order valence-corrected chi connectivity index (χ4v) is 3.79. The van der Waals surface area contributed by atoms with Crippen molar-refractivity contribution in [2.45, 2.75) is 24.5 Å². The fraction of sp³-hybridized carbons (Fsp3) is 0.455. The molecule has 4 unspecified atom stereocenters. The van der Waals surface area contributed by atoms with Crippen LogP contribution in [0.2, 0.25) is 0 Å². The van der Waals surface area contributed by atoms with Gasteiger partial charge in [-0.25, -0.2) is 9.25 Å². The molecule has 1 aromatic heterocycles. The maximum Gasteiger partial charge on any atom is 0.472 e. The molecule has 0 bridgehead atoms. The molecule has 2 fully saturated rings. The van der Waals surface area contributed by atoms with E-state index >= 15 is 0 Å². The Morgan fingerprint density at radius 1 is 1.44 bits per heavy atom. The second-order valence-electron chi connectivity index (χ2n) is 5.33. The summed E-state index contributed by atoms with van der Waals surface area (Å²) in [7, 11) is -4.24. The molecule has 0 spiro atoms. The predicted octanol–water partition coefficient (Wildman–Crippen LogP) is 0.276. The van der Waals surface area contributed by atoms with Crippen LogP contribution in [-0.4, -0.2) is 54.8 Å². The van der Waals surface area contributed by atoms with Crippen LogP contribution in [0, 0.1) is 10.1 Å². The summed E-state index contributed by atoms with van der Waals surface area (Å²) in [5, 5.41) is 29.0. The van der Waals surface area contributed by atoms with Crippen LogP contribution < -0.4 is 6.15 Å². The first-order valence-electron chi connectivity index (χ1n) is 6.85. The molecule has 1 aromatic carbocycles. The quantitative estimate of drug-likeness (QED) is 0.370. The number of nitro benzene ring substituents is 1. The van der Waals surface area contributed by atoms with Crippen molar-refractivity contribution in [3.05, 3.63) is 28.3 Å². The first-order chi connectivity index (χ1) is 11.4. The average Bonchev–Trinajstić information content (AvgIpc) is 3.08. The number of ether oxygens (including phenoxy) is 1. The maximum absolute atomic E-state index is 11.5. The Morgan fingerprint density at radius 2 is 2.20 bits per heavy atom. The van der Waals surface area contributed by atoms with Gasteiger partial charge in [0.2, 0.25) is 0 Å². The van der Waals surface area contributed by atoms with Crippen molar-refractivity contribution < 1.29 is 33.3 Å². The van der Waals surface area contributed by atoms with Crippen molar-refractivity contribution in [3.63, 3.8) is 0 Å². The van der Waals surface area contributed by atoms with Gasteiger partial charge in [0.15, 0.2) is 11.7 Å². The van der Waals surface area contributed by atoms with Gasteiger partial charge in [-0.2, -0.15) is 0 Å². The normalized spacial score (nSPS) is 34.5. The summed E-state index contributed by atoms with van der Waals surface area (Å²) in [6, 6.07) is 4.27. The van der Waals surface area contributed by atoms with E-state index in [2.05, 4.69) is 14.8 Å². The molecule has 2 aliphatic heterocycles. The van der Waals surface area contributed by atoms with E-state index in [0.29, 0.717) is 0 Å². The predicted molar refractivity (Wildman–Crippen MR) is 79.8 cm³/mol. The second kappa shape index (κ2) is 6.07. The van der Waals surface area contributed by atoms with E-state index < -0.39 is 37.3 Å². The van der Waals surface area contributed by atoms with Crippen molar-refractivity contribution in [2.75, 3.05) is 6.61 Å². The number of benzene rings is 1. The number of phosphoric acid groups is 1. The number of non-ortho nitro benzene ring substituents is 1. The molecule has 2 saturated heterocycles. The first kappa shape index (κ1) is 17.8. The number of hydrogen-bond donors (Lipinski definition) is 3. The van der Waals surface area contributed by atoms with Gasteiger partial charge in [-0.15, -0.1) is 5.10 Å². The Bertz CT molecular complexity index is 873. The molecule has 4 rings (SSSR count). The van der Waals surface area contributed by atoms with Gasteiger partial charge in [0.1, 0.15) is 18.3 Å². The van der Waals surface area contributed by atoms with Crippen molar-refractivity contribution in [1.29, 1.82) is 0 Å². The van der Waals surface area contributed by atoms with E-state index in [1.165, 1.54) is 22.9 Å². The molecule has 0 amide bonds. The van der Waals surface area contributed by atoms with Gasteiger partial charge in [-0.3, -0.25) is 19.2 Å². The lowest BCUT2D eigenvalue weighted by Crippen LogP contribution is -2.39. The van der Waals surface area contributed by atoms with Crippen LogP contribution in [0.25, 0.3) is 11.0 Å². The van der Waals surface area contributed by atoms with Crippen LogP contribution in [0.3, 0.4) is 0 Å². The van der Waals surface area contributed by atoms with E-state index in [0.717, 1.165) is 0 Å². The highest BCUT2D eigenvalue weighted by molar-refractivity contribution is 7.47. The third-order valence-electron chi connectivity index (χ3n) is 3.89. The summed E-state index contributed by atoms with van der Waals surface area (Å²) in [6.45, 7) is -0.237. The Hall–Kier alpha value is -1.99. The lowest BCUT2D eigenvalue weighted by Gasteiger charge is -2.27. The number of fused-ring (bicyclic) bond motifs is 2. The number of nitrogens with zero attached hydrogens (tertiary/aromatic N) is 4. The smallest absolute Gasteiger partial charge is 0.385 e. The number of aromatic nitrogens is 3. The molecular formula is C11H14N5O8P. The number of rotatable bonds is 2. The van der Waals surface area contributed by atoms with Crippen molar-refractivity contribution in [3.8, 4) is 0 Å². The molecule has 5 atom stereocenters. The fourth-order valence-electron chi connectivity index (χ4n) is 2.82. The summed E-state index contributed by atoms with van der Waals surface area (Å²) in [6.07, 6.45) is -4.29. The van der Waals surface area contributed by atoms with Crippen LogP contribution in [0.1, 0.15) is 6.23 Å². The molecule has 13 nitrogen and oxygen atoms in total. The number of phosphoric ester groups is 1. The molecule has 5 N–H and O–H groups in total. The average molecular weight is 375 g/mol. The van der Waals surface area contributed by atoms with Crippen LogP contribution >= 0.6 is 7.82 Å². The van der Waals surface area contributed by atoms with Gasteiger partial charge >= 0.3 is 7.82 Å². The van der Waals surface area contributed by atoms with Gasteiger partial charge in [-0.05, 0) is 6.07 Å². The van der Waals surface area contributed by atoms with Gasteiger partial charge in [-0.1, -0.05) is 11.3 Å². The third kappa shape index (κ3) is 2.81. The molecule has 3 heterocycles. The van der Waals surface area contributed by atoms with E-state index in [4.69, 9.17) is 9.26 Å². The Labute approximate surface area is 139 Å². The molecular weight excluding hydrogens is 361 g/mol. The lowest BCUT2D eigenvalue weighted by molar-refractivity contribution is -0.383. The summed E-state index contributed by atoms with van der Waals surface area (Å²) in [4.78, 5) is 19.8. The highest BCUT2D eigenvalue weighted by Crippen LogP contribution is 2.52. The zero-order valence-electron chi connectivity index (χ0n) is 12.5. The first-order valence-corrected chi connectivity index (χ1v) is 8.34. The number of nitro groups is 1. The monoisotopic (exact) mass is 375 g/mol. The topological polar surface area (TPSA) is 194 Å². The minimum absolute atomic E-state index is 0. The SMILES string of the molecule is N.O=[N+]([O-])c1cccc2c1nnn2C1OC2COP(=O)(O)O[C@H]2C1O. The second-order valence-corrected chi connectivity index (χ2v) is 6.73. The summed E-state index contributed by atoms with van der Waals surface area (Å²) < 4.78 is 27.7. The molecule has 25 heavy (non-hydrogen) atoms. The summed E-state index contributed by atoms with van der Waals surface area (Å²) in [5.74, 6) is 0. The standard InChI is InChI=1S/C11H11N4O8P.H3N/c16-9-10-7(4-21-24(19,20)23-10)22-11(9)14-5-2-1-3-6(15(17)18)8(5)12-13-14;/h1-3,7,9-11,16H,4H2,(H,19,20);1H3/t7?,9?,10-,11?;/m1./s1. The zero-order chi connectivity index (χ0) is 17.1. The van der Waals surface area contributed by atoms with Crippen LogP contribution in [0.5, 0.6) is 0 Å². The van der Waals surface area contributed by atoms with Crippen LogP contribution in [0.4, 0.5) is 5.69 Å². The Balaban J connectivity index is 0.00000182. The zero-order valence-corrected chi connectivity index (χ0v) is 13.4. The van der Waals surface area contributed by atoms with Gasteiger partial charge in [0, 0.05) is 6.07 Å². The van der Waals surface area contributed by atoms with Gasteiger partial charge in [0.05, 0.1) is 17.0 Å². The third-order valence-corrected chi connectivity index (χ3v) is 4.87. The van der Waals surface area contributed by atoms with Gasteiger partial charge in [0.25, 0.3) is 5.69 Å². The van der Waals surface area contributed by atoms with E-state index in [1.54, 1.807) is 0 Å². The van der Waals surface area contributed by atoms with Crippen molar-refractivity contribution >= 4 is 24.5 Å². The van der Waals surface area contributed by atoms with Crippen molar-refractivity contribution in [2.24, 2.45) is 0 Å². The largest absolute Gasteiger partial charge is 0.472 e. The van der Waals surface area contributed by atoms with Crippen molar-refractivity contribution in [1.82, 2.24) is 21.1 Å². The number of hydrogen-bond acceptors (Lipinski definition) is 10. The summed E-state index contributed by atoms with van der Waals surface area (Å²) in [5.41, 5.74) is 0.0845. The Morgan fingerprint density at radius 3 is 2.92 bits per heavy atom. The highest BCUT2D eigenvalue weighted by Gasteiger charge is 2.53. The van der Waals surface area contributed by atoms with E-state index in [-0.39, 0.29) is 29.5 Å².